The van der Waals surface area contributed by atoms with Gasteiger partial charge in [0.25, 0.3) is 0 Å². The molecule has 0 radical (unpaired) electrons. The number of nitrogens with two attached hydrogens (primary N) is 1. The number of guanidine groups is 1. The van der Waals surface area contributed by atoms with E-state index in [1.165, 1.54) is 0 Å². The van der Waals surface area contributed by atoms with E-state index >= 15 is 0 Å². The van der Waals surface area contributed by atoms with Crippen LogP contribution in [0, 0.1) is 0 Å². The Balaban J connectivity index is 2.12. The lowest BCUT2D eigenvalue weighted by Gasteiger charge is -2.35. The normalized spacial score (nSPS) is 21.9. The largest absolute Gasteiger partial charge is 0.495 e. The van der Waals surface area contributed by atoms with E-state index in [2.05, 4.69) is 16.9 Å². The van der Waals surface area contributed by atoms with Gasteiger partial charge in [0.2, 0.25) is 0 Å². The quantitative estimate of drug-likeness (QED) is 0.940. The van der Waals surface area contributed by atoms with E-state index in [9.17, 15) is 0 Å². The van der Waals surface area contributed by atoms with Crippen molar-refractivity contribution in [1.29, 1.82) is 0 Å². The predicted molar refractivity (Wildman–Crippen MR) is 81.4 cm³/mol. The van der Waals surface area contributed by atoms with Gasteiger partial charge in [0, 0.05) is 11.6 Å². The Morgan fingerprint density at radius 2 is 2.20 bits per heavy atom. The third-order valence-electron chi connectivity index (χ3n) is 3.49. The number of thiazole rings is 1. The number of hydrogen-bond acceptors (Lipinski definition) is 6. The molecule has 104 valence electrons. The Labute approximate surface area is 121 Å². The van der Waals surface area contributed by atoms with Crippen molar-refractivity contribution in [3.05, 3.63) is 40.8 Å². The van der Waals surface area contributed by atoms with Crippen molar-refractivity contribution in [3.8, 4) is 5.75 Å². The van der Waals surface area contributed by atoms with E-state index in [-0.39, 0.29) is 5.54 Å². The summed E-state index contributed by atoms with van der Waals surface area (Å²) in [6.07, 6.45) is 1.81. The standard InChI is InChI=1S/C14H16N4OS/c1-14(12-16-7-8-20-12)9-17-13(15)18(14)10-5-3-4-6-11(10)19-2/h3-8H,9H2,1-2H3,(H2,15,17). The molecule has 1 unspecified atom stereocenters. The number of methoxy groups -OCH3 is 1. The lowest BCUT2D eigenvalue weighted by Crippen LogP contribution is -2.47. The summed E-state index contributed by atoms with van der Waals surface area (Å²) in [7, 11) is 1.66. The summed E-state index contributed by atoms with van der Waals surface area (Å²) >= 11 is 1.61. The van der Waals surface area contributed by atoms with Crippen LogP contribution in [0.2, 0.25) is 0 Å². The third kappa shape index (κ3) is 1.84. The smallest absolute Gasteiger partial charge is 0.196 e. The number of anilines is 1. The fourth-order valence-electron chi connectivity index (χ4n) is 2.49. The first kappa shape index (κ1) is 12.9. The summed E-state index contributed by atoms with van der Waals surface area (Å²) in [5, 5.41) is 2.96. The number of rotatable bonds is 3. The molecule has 0 aliphatic carbocycles. The van der Waals surface area contributed by atoms with Crippen molar-refractivity contribution in [1.82, 2.24) is 4.98 Å². The van der Waals surface area contributed by atoms with Gasteiger partial charge in [-0.25, -0.2) is 4.98 Å². The Morgan fingerprint density at radius 1 is 1.40 bits per heavy atom. The molecule has 0 saturated carbocycles. The van der Waals surface area contributed by atoms with Crippen molar-refractivity contribution < 1.29 is 4.74 Å². The zero-order valence-corrected chi connectivity index (χ0v) is 12.2. The first-order valence-corrected chi connectivity index (χ1v) is 7.18. The maximum Gasteiger partial charge on any atom is 0.196 e. The molecule has 20 heavy (non-hydrogen) atoms. The van der Waals surface area contributed by atoms with Crippen LogP contribution in [0.15, 0.2) is 40.8 Å². The topological polar surface area (TPSA) is 63.7 Å². The number of ether oxygens (including phenoxy) is 1. The molecule has 5 nitrogen and oxygen atoms in total. The first-order chi connectivity index (χ1) is 9.66. The molecule has 0 amide bonds. The molecule has 2 aromatic rings. The van der Waals surface area contributed by atoms with Crippen LogP contribution in [0.25, 0.3) is 0 Å². The van der Waals surface area contributed by atoms with Crippen molar-refractivity contribution in [2.75, 3.05) is 18.6 Å². The Morgan fingerprint density at radius 3 is 2.90 bits per heavy atom. The van der Waals surface area contributed by atoms with Crippen LogP contribution >= 0.6 is 11.3 Å². The summed E-state index contributed by atoms with van der Waals surface area (Å²) < 4.78 is 5.45. The fourth-order valence-corrected chi connectivity index (χ4v) is 3.27. The Bertz CT molecular complexity index is 640. The minimum atomic E-state index is -0.368. The zero-order valence-electron chi connectivity index (χ0n) is 11.4. The molecule has 1 aliphatic heterocycles. The zero-order chi connectivity index (χ0) is 14.2. The van der Waals surface area contributed by atoms with E-state index in [0.29, 0.717) is 12.5 Å². The molecule has 2 heterocycles. The van der Waals surface area contributed by atoms with Crippen LogP contribution in [-0.2, 0) is 5.54 Å². The Kier molecular flexibility index (Phi) is 3.10. The van der Waals surface area contributed by atoms with E-state index in [1.54, 1.807) is 24.6 Å². The minimum absolute atomic E-state index is 0.368. The Hall–Kier alpha value is -2.08. The van der Waals surface area contributed by atoms with Crippen molar-refractivity contribution in [2.24, 2.45) is 10.7 Å². The molecule has 0 saturated heterocycles. The van der Waals surface area contributed by atoms with Gasteiger partial charge in [-0.3, -0.25) is 9.89 Å². The van der Waals surface area contributed by atoms with Gasteiger partial charge in [-0.15, -0.1) is 11.3 Å². The predicted octanol–water partition coefficient (Wildman–Crippen LogP) is 2.20. The maximum atomic E-state index is 6.11. The highest BCUT2D eigenvalue weighted by Gasteiger charge is 2.43. The lowest BCUT2D eigenvalue weighted by atomic mass is 10.0. The second-order valence-electron chi connectivity index (χ2n) is 4.79. The van der Waals surface area contributed by atoms with Crippen LogP contribution in [0.4, 0.5) is 5.69 Å². The second kappa shape index (κ2) is 4.79. The summed E-state index contributed by atoms with van der Waals surface area (Å²) in [4.78, 5) is 10.9. The molecule has 3 rings (SSSR count). The van der Waals surface area contributed by atoms with Crippen molar-refractivity contribution in [2.45, 2.75) is 12.5 Å². The van der Waals surface area contributed by atoms with Crippen LogP contribution in [0.5, 0.6) is 5.75 Å². The number of aromatic nitrogens is 1. The molecule has 1 atom stereocenters. The lowest BCUT2D eigenvalue weighted by molar-refractivity contribution is 0.411. The van der Waals surface area contributed by atoms with Gasteiger partial charge in [0.05, 0.1) is 19.3 Å². The van der Waals surface area contributed by atoms with Gasteiger partial charge in [-0.2, -0.15) is 0 Å². The number of aliphatic imine (C=N–C) groups is 1. The van der Waals surface area contributed by atoms with Gasteiger partial charge in [0.15, 0.2) is 5.96 Å². The molecule has 0 bridgehead atoms. The summed E-state index contributed by atoms with van der Waals surface area (Å²) in [6.45, 7) is 2.69. The van der Waals surface area contributed by atoms with E-state index in [1.807, 2.05) is 34.5 Å². The molecule has 0 spiro atoms. The molecular weight excluding hydrogens is 272 g/mol. The summed E-state index contributed by atoms with van der Waals surface area (Å²) in [6, 6.07) is 7.81. The number of benzene rings is 1. The van der Waals surface area contributed by atoms with E-state index in [4.69, 9.17) is 10.5 Å². The average molecular weight is 288 g/mol. The SMILES string of the molecule is COc1ccccc1N1C(N)=NCC1(C)c1nccs1. The monoisotopic (exact) mass is 288 g/mol. The summed E-state index contributed by atoms with van der Waals surface area (Å²) in [5.74, 6) is 1.27. The fraction of sp³-hybridized carbons (Fsp3) is 0.286. The van der Waals surface area contributed by atoms with Crippen LogP contribution in [0.3, 0.4) is 0 Å². The molecule has 1 aromatic carbocycles. The number of hydrogen-bond donors (Lipinski definition) is 1. The van der Waals surface area contributed by atoms with Crippen LogP contribution < -0.4 is 15.4 Å². The first-order valence-electron chi connectivity index (χ1n) is 6.30. The average Bonchev–Trinajstić information content (AvgIpc) is 3.09. The highest BCUT2D eigenvalue weighted by molar-refractivity contribution is 7.09. The number of nitrogens with zero attached hydrogens (tertiary/aromatic N) is 3. The second-order valence-corrected chi connectivity index (χ2v) is 5.69. The third-order valence-corrected chi connectivity index (χ3v) is 4.52. The van der Waals surface area contributed by atoms with Gasteiger partial charge in [-0.05, 0) is 19.1 Å². The van der Waals surface area contributed by atoms with E-state index < -0.39 is 0 Å². The molecule has 2 N–H and O–H groups in total. The minimum Gasteiger partial charge on any atom is -0.495 e. The van der Waals surface area contributed by atoms with Crippen LogP contribution in [-0.4, -0.2) is 24.6 Å². The van der Waals surface area contributed by atoms with Gasteiger partial charge < -0.3 is 10.5 Å². The molecule has 0 fully saturated rings. The van der Waals surface area contributed by atoms with Crippen molar-refractivity contribution in [3.63, 3.8) is 0 Å². The van der Waals surface area contributed by atoms with Crippen LogP contribution in [0.1, 0.15) is 11.9 Å². The molecule has 1 aliphatic rings. The molecule has 1 aromatic heterocycles. The summed E-state index contributed by atoms with van der Waals surface area (Å²) in [5.41, 5.74) is 6.65. The maximum absolute atomic E-state index is 6.11. The molecule has 6 heteroatoms. The molecular formula is C14H16N4OS. The number of para-hydroxylation sites is 2. The highest BCUT2D eigenvalue weighted by atomic mass is 32.1. The van der Waals surface area contributed by atoms with Gasteiger partial charge in [-0.1, -0.05) is 12.1 Å². The highest BCUT2D eigenvalue weighted by Crippen LogP contribution is 2.41. The van der Waals surface area contributed by atoms with Gasteiger partial charge in [0.1, 0.15) is 16.3 Å². The van der Waals surface area contributed by atoms with Crippen molar-refractivity contribution >= 4 is 23.0 Å². The van der Waals surface area contributed by atoms with E-state index in [0.717, 1.165) is 16.4 Å². The van der Waals surface area contributed by atoms with Gasteiger partial charge >= 0.3 is 0 Å².